The summed E-state index contributed by atoms with van der Waals surface area (Å²) in [5.74, 6) is -0.646. The highest BCUT2D eigenvalue weighted by Crippen LogP contribution is 2.14. The van der Waals surface area contributed by atoms with Crippen LogP contribution >= 0.6 is 11.8 Å². The summed E-state index contributed by atoms with van der Waals surface area (Å²) >= 11 is 1.35. The molecular formula is C20H40O3S. The van der Waals surface area contributed by atoms with Crippen molar-refractivity contribution in [2.45, 2.75) is 109 Å². The molecule has 0 aromatic rings. The molecule has 1 atom stereocenters. The number of hydrogen-bond donors (Lipinski definition) is 1. The smallest absolute Gasteiger partial charge is 0.313 e. The maximum absolute atomic E-state index is 10.4. The molecule has 0 amide bonds. The van der Waals surface area contributed by atoms with Gasteiger partial charge in [-0.1, -0.05) is 90.4 Å². The van der Waals surface area contributed by atoms with Crippen LogP contribution < -0.4 is 0 Å². The molecule has 0 spiro atoms. The summed E-state index contributed by atoms with van der Waals surface area (Å²) in [4.78, 5) is 10.4. The third kappa shape index (κ3) is 19.8. The Kier molecular flexibility index (Phi) is 18.9. The Morgan fingerprint density at radius 3 is 1.67 bits per heavy atom. The molecule has 24 heavy (non-hydrogen) atoms. The maximum atomic E-state index is 10.4. The van der Waals surface area contributed by atoms with Crippen molar-refractivity contribution < 1.29 is 14.6 Å². The molecule has 0 saturated heterocycles. The molecule has 4 heteroatoms. The summed E-state index contributed by atoms with van der Waals surface area (Å²) in [7, 11) is 0. The van der Waals surface area contributed by atoms with Gasteiger partial charge in [0.1, 0.15) is 5.44 Å². The second kappa shape index (κ2) is 19.1. The molecule has 0 saturated carbocycles. The van der Waals surface area contributed by atoms with E-state index >= 15 is 0 Å². The van der Waals surface area contributed by atoms with Gasteiger partial charge in [-0.2, -0.15) is 0 Å². The zero-order chi connectivity index (χ0) is 17.9. The molecule has 0 aliphatic carbocycles. The minimum absolute atomic E-state index is 0.0110. The van der Waals surface area contributed by atoms with Crippen molar-refractivity contribution in [1.82, 2.24) is 0 Å². The summed E-state index contributed by atoms with van der Waals surface area (Å²) in [6.07, 6.45) is 19.1. The fourth-order valence-corrected chi connectivity index (χ4v) is 3.35. The van der Waals surface area contributed by atoms with Crippen LogP contribution in [0.1, 0.15) is 104 Å². The lowest BCUT2D eigenvalue weighted by atomic mass is 10.0. The molecule has 0 rings (SSSR count). The summed E-state index contributed by atoms with van der Waals surface area (Å²) in [6, 6.07) is 0. The van der Waals surface area contributed by atoms with Crippen molar-refractivity contribution in [3.8, 4) is 0 Å². The van der Waals surface area contributed by atoms with Crippen molar-refractivity contribution in [2.24, 2.45) is 0 Å². The molecule has 144 valence electrons. The normalized spacial score (nSPS) is 12.4. The van der Waals surface area contributed by atoms with Crippen molar-refractivity contribution in [1.29, 1.82) is 0 Å². The van der Waals surface area contributed by atoms with E-state index in [0.29, 0.717) is 0 Å². The number of carboxylic acids is 1. The van der Waals surface area contributed by atoms with E-state index in [9.17, 15) is 4.79 Å². The second-order valence-corrected chi connectivity index (χ2v) is 8.03. The maximum Gasteiger partial charge on any atom is 0.313 e. The number of aliphatic carboxylic acids is 1. The molecular weight excluding hydrogens is 320 g/mol. The van der Waals surface area contributed by atoms with E-state index in [1.54, 1.807) is 0 Å². The molecule has 0 aromatic carbocycles. The first kappa shape index (κ1) is 23.8. The zero-order valence-corrected chi connectivity index (χ0v) is 16.9. The van der Waals surface area contributed by atoms with E-state index in [4.69, 9.17) is 9.84 Å². The Hall–Kier alpha value is -0.220. The summed E-state index contributed by atoms with van der Waals surface area (Å²) in [5, 5.41) is 8.59. The van der Waals surface area contributed by atoms with Crippen LogP contribution in [0, 0.1) is 0 Å². The van der Waals surface area contributed by atoms with E-state index in [-0.39, 0.29) is 11.2 Å². The average molecular weight is 361 g/mol. The van der Waals surface area contributed by atoms with Crippen LogP contribution in [-0.4, -0.2) is 28.9 Å². The van der Waals surface area contributed by atoms with Gasteiger partial charge < -0.3 is 9.84 Å². The number of rotatable bonds is 19. The fraction of sp³-hybridized carbons (Fsp3) is 0.950. The largest absolute Gasteiger partial charge is 0.481 e. The number of thioether (sulfide) groups is 1. The highest BCUT2D eigenvalue weighted by molar-refractivity contribution is 8.00. The molecule has 0 bridgehead atoms. The van der Waals surface area contributed by atoms with Crippen LogP contribution in [-0.2, 0) is 9.53 Å². The molecule has 3 nitrogen and oxygen atoms in total. The van der Waals surface area contributed by atoms with Gasteiger partial charge in [-0.05, 0) is 13.3 Å². The number of unbranched alkanes of at least 4 members (excludes halogenated alkanes) is 13. The average Bonchev–Trinajstić information content (AvgIpc) is 2.56. The molecule has 1 N–H and O–H groups in total. The SMILES string of the molecule is CCCCCCCCCCCCCCCCOC(C)SCC(=O)O. The van der Waals surface area contributed by atoms with Gasteiger partial charge in [0.2, 0.25) is 0 Å². The predicted molar refractivity (Wildman–Crippen MR) is 106 cm³/mol. The van der Waals surface area contributed by atoms with E-state index in [2.05, 4.69) is 6.92 Å². The van der Waals surface area contributed by atoms with Crippen LogP contribution in [0.4, 0.5) is 0 Å². The first-order valence-corrected chi connectivity index (χ1v) is 11.2. The third-order valence-corrected chi connectivity index (χ3v) is 5.31. The summed E-state index contributed by atoms with van der Waals surface area (Å²) in [6.45, 7) is 4.96. The minimum atomic E-state index is -0.771. The first-order valence-electron chi connectivity index (χ1n) is 10.1. The van der Waals surface area contributed by atoms with Gasteiger partial charge in [0.25, 0.3) is 0 Å². The number of carbonyl (C=O) groups is 1. The van der Waals surface area contributed by atoms with E-state index < -0.39 is 5.97 Å². The van der Waals surface area contributed by atoms with Gasteiger partial charge in [-0.3, -0.25) is 4.79 Å². The predicted octanol–water partition coefficient (Wildman–Crippen LogP) is 6.65. The number of ether oxygens (including phenoxy) is 1. The van der Waals surface area contributed by atoms with Crippen molar-refractivity contribution in [3.63, 3.8) is 0 Å². The molecule has 0 aliphatic rings. The molecule has 0 aliphatic heterocycles. The van der Waals surface area contributed by atoms with Crippen LogP contribution in [0.5, 0.6) is 0 Å². The van der Waals surface area contributed by atoms with Crippen LogP contribution in [0.2, 0.25) is 0 Å². The lowest BCUT2D eigenvalue weighted by Crippen LogP contribution is -2.09. The second-order valence-electron chi connectivity index (χ2n) is 6.74. The van der Waals surface area contributed by atoms with E-state index in [0.717, 1.165) is 13.0 Å². The Morgan fingerprint density at radius 2 is 1.25 bits per heavy atom. The molecule has 0 aromatic heterocycles. The van der Waals surface area contributed by atoms with Crippen LogP contribution in [0.25, 0.3) is 0 Å². The summed E-state index contributed by atoms with van der Waals surface area (Å²) in [5.41, 5.74) is -0.0110. The summed E-state index contributed by atoms with van der Waals surface area (Å²) < 4.78 is 5.60. The van der Waals surface area contributed by atoms with Crippen molar-refractivity contribution in [2.75, 3.05) is 12.4 Å². The Bertz CT molecular complexity index is 272. The van der Waals surface area contributed by atoms with E-state index in [1.807, 2.05) is 6.92 Å². The number of carboxylic acid groups (broad SMARTS) is 1. The van der Waals surface area contributed by atoms with Gasteiger partial charge in [0.15, 0.2) is 0 Å². The first-order chi connectivity index (χ1) is 11.7. The van der Waals surface area contributed by atoms with Crippen molar-refractivity contribution in [3.05, 3.63) is 0 Å². The molecule has 1 unspecified atom stereocenters. The van der Waals surface area contributed by atoms with Gasteiger partial charge in [-0.15, -0.1) is 11.8 Å². The van der Waals surface area contributed by atoms with E-state index in [1.165, 1.54) is 95.2 Å². The molecule has 0 heterocycles. The van der Waals surface area contributed by atoms with Crippen LogP contribution in [0.3, 0.4) is 0 Å². The highest BCUT2D eigenvalue weighted by Gasteiger charge is 2.05. The Morgan fingerprint density at radius 1 is 0.833 bits per heavy atom. The van der Waals surface area contributed by atoms with Gasteiger partial charge in [-0.25, -0.2) is 0 Å². The molecule has 0 radical (unpaired) electrons. The van der Waals surface area contributed by atoms with Crippen molar-refractivity contribution >= 4 is 17.7 Å². The zero-order valence-electron chi connectivity index (χ0n) is 16.1. The fourth-order valence-electron chi connectivity index (χ4n) is 2.78. The van der Waals surface area contributed by atoms with Gasteiger partial charge in [0.05, 0.1) is 5.75 Å². The highest BCUT2D eigenvalue weighted by atomic mass is 32.2. The monoisotopic (exact) mass is 360 g/mol. The van der Waals surface area contributed by atoms with Gasteiger partial charge in [0, 0.05) is 6.61 Å². The number of hydrogen-bond acceptors (Lipinski definition) is 3. The topological polar surface area (TPSA) is 46.5 Å². The Balaban J connectivity index is 3.08. The minimum Gasteiger partial charge on any atom is -0.481 e. The molecule has 0 fully saturated rings. The third-order valence-electron chi connectivity index (χ3n) is 4.29. The Labute approximate surface area is 154 Å². The standard InChI is InChI=1S/C20H40O3S/c1-3-4-5-6-7-8-9-10-11-12-13-14-15-16-17-23-19(2)24-18-20(21)22/h19H,3-18H2,1-2H3,(H,21,22). The quantitative estimate of drug-likeness (QED) is 0.207. The van der Waals surface area contributed by atoms with Crippen LogP contribution in [0.15, 0.2) is 0 Å². The lowest BCUT2D eigenvalue weighted by Gasteiger charge is -2.11. The van der Waals surface area contributed by atoms with Gasteiger partial charge >= 0.3 is 5.97 Å². The lowest BCUT2D eigenvalue weighted by molar-refractivity contribution is -0.133.